The number of rotatable bonds is 4. The predicted molar refractivity (Wildman–Crippen MR) is 112 cm³/mol. The number of pyridine rings is 1. The van der Waals surface area contributed by atoms with E-state index in [9.17, 15) is 4.79 Å². The van der Waals surface area contributed by atoms with Crippen LogP contribution in [-0.4, -0.2) is 25.9 Å². The molecule has 0 saturated heterocycles. The minimum atomic E-state index is 0.0121. The molecule has 1 aliphatic rings. The molecule has 2 aromatic carbocycles. The monoisotopic (exact) mass is 381 g/mol. The van der Waals surface area contributed by atoms with Crippen molar-refractivity contribution in [3.63, 3.8) is 0 Å². The number of benzene rings is 2. The maximum absolute atomic E-state index is 12.0. The van der Waals surface area contributed by atoms with Crippen molar-refractivity contribution in [3.05, 3.63) is 89.2 Å². The highest BCUT2D eigenvalue weighted by atomic mass is 16.1. The Morgan fingerprint density at radius 1 is 1.07 bits per heavy atom. The predicted octanol–water partition coefficient (Wildman–Crippen LogP) is 3.24. The molecule has 0 atom stereocenters. The molecule has 0 spiro atoms. The van der Waals surface area contributed by atoms with Crippen LogP contribution in [0.1, 0.15) is 22.3 Å². The maximum atomic E-state index is 12.0. The van der Waals surface area contributed by atoms with Gasteiger partial charge in [-0.3, -0.25) is 9.78 Å². The molecule has 0 saturated carbocycles. The normalized spacial score (nSPS) is 14.8. The molecule has 2 aromatic heterocycles. The molecular weight excluding hydrogens is 362 g/mol. The van der Waals surface area contributed by atoms with Crippen LogP contribution < -0.4 is 5.32 Å². The van der Waals surface area contributed by atoms with Crippen molar-refractivity contribution in [1.82, 2.24) is 25.3 Å². The number of hydrogen-bond donors (Lipinski definition) is 1. The smallest absolute Gasteiger partial charge is 0.228 e. The summed E-state index contributed by atoms with van der Waals surface area (Å²) < 4.78 is 1.92. The van der Waals surface area contributed by atoms with Crippen LogP contribution >= 0.6 is 0 Å². The lowest BCUT2D eigenvalue weighted by Gasteiger charge is -2.19. The second-order valence-electron chi connectivity index (χ2n) is 7.11. The third-order valence-corrected chi connectivity index (χ3v) is 5.14. The van der Waals surface area contributed by atoms with E-state index >= 15 is 0 Å². The van der Waals surface area contributed by atoms with Crippen molar-refractivity contribution < 1.29 is 4.79 Å². The second kappa shape index (κ2) is 7.31. The van der Waals surface area contributed by atoms with Crippen molar-refractivity contribution in [2.75, 3.05) is 0 Å². The maximum Gasteiger partial charge on any atom is 0.228 e. The van der Waals surface area contributed by atoms with Gasteiger partial charge in [0.2, 0.25) is 5.91 Å². The van der Waals surface area contributed by atoms with Crippen molar-refractivity contribution in [3.8, 4) is 0 Å². The number of hydrogen-bond acceptors (Lipinski definition) is 4. The number of aryl methyl sites for hydroxylation is 2. The fraction of sp³-hybridized carbons (Fsp3) is 0.130. The average Bonchev–Trinajstić information content (AvgIpc) is 3.15. The molecule has 29 heavy (non-hydrogen) atoms. The molecule has 0 unspecified atom stereocenters. The fourth-order valence-electron chi connectivity index (χ4n) is 3.68. The fourth-order valence-corrected chi connectivity index (χ4v) is 3.68. The van der Waals surface area contributed by atoms with Gasteiger partial charge in [0, 0.05) is 30.2 Å². The topological polar surface area (TPSA) is 72.7 Å². The molecule has 0 bridgehead atoms. The summed E-state index contributed by atoms with van der Waals surface area (Å²) in [5.74, 6) is 0.0121. The number of nitrogens with zero attached hydrogens (tertiary/aromatic N) is 4. The van der Waals surface area contributed by atoms with Gasteiger partial charge in [-0.1, -0.05) is 35.5 Å². The summed E-state index contributed by atoms with van der Waals surface area (Å²) in [5, 5.41) is 11.6. The van der Waals surface area contributed by atoms with E-state index < -0.39 is 0 Å². The number of aromatic nitrogens is 4. The third kappa shape index (κ3) is 3.52. The molecule has 0 radical (unpaired) electrons. The van der Waals surface area contributed by atoms with Crippen LogP contribution in [0.2, 0.25) is 0 Å². The van der Waals surface area contributed by atoms with Gasteiger partial charge in [0.05, 0.1) is 11.9 Å². The van der Waals surface area contributed by atoms with Crippen LogP contribution in [0.25, 0.3) is 22.8 Å². The Balaban J connectivity index is 1.43. The first-order chi connectivity index (χ1) is 14.3. The van der Waals surface area contributed by atoms with E-state index in [-0.39, 0.29) is 5.91 Å². The Bertz CT molecular complexity index is 1230. The molecule has 6 nitrogen and oxygen atoms in total. The van der Waals surface area contributed by atoms with Crippen LogP contribution in [0.3, 0.4) is 0 Å². The van der Waals surface area contributed by atoms with Gasteiger partial charge in [-0.05, 0) is 53.5 Å². The molecule has 1 aliphatic heterocycles. The van der Waals surface area contributed by atoms with Crippen LogP contribution in [0, 0.1) is 0 Å². The van der Waals surface area contributed by atoms with Gasteiger partial charge in [0.25, 0.3) is 0 Å². The van der Waals surface area contributed by atoms with Gasteiger partial charge < -0.3 is 5.32 Å². The Morgan fingerprint density at radius 2 is 1.93 bits per heavy atom. The molecule has 1 N–H and O–H groups in total. The molecule has 3 heterocycles. The molecular formula is C23H19N5O. The van der Waals surface area contributed by atoms with E-state index in [4.69, 9.17) is 0 Å². The first kappa shape index (κ1) is 17.3. The molecule has 1 amide bonds. The SMILES string of the molecule is O=C1Cc2ccccc2C(=Cc2ccc3c(c2)nnn3CCc2ccncc2)N1. The van der Waals surface area contributed by atoms with E-state index in [0.717, 1.165) is 46.4 Å². The highest BCUT2D eigenvalue weighted by Gasteiger charge is 2.18. The van der Waals surface area contributed by atoms with Gasteiger partial charge in [0.15, 0.2) is 0 Å². The van der Waals surface area contributed by atoms with Crippen LogP contribution in [0.4, 0.5) is 0 Å². The summed E-state index contributed by atoms with van der Waals surface area (Å²) in [6.07, 6.45) is 6.88. The molecule has 5 rings (SSSR count). The Labute approximate surface area is 167 Å². The van der Waals surface area contributed by atoms with Gasteiger partial charge in [0.1, 0.15) is 5.52 Å². The minimum Gasteiger partial charge on any atom is -0.325 e. The second-order valence-corrected chi connectivity index (χ2v) is 7.11. The number of amides is 1. The van der Waals surface area contributed by atoms with Crippen molar-refractivity contribution in [2.24, 2.45) is 0 Å². The first-order valence-electron chi connectivity index (χ1n) is 9.58. The third-order valence-electron chi connectivity index (χ3n) is 5.14. The van der Waals surface area contributed by atoms with Crippen molar-refractivity contribution in [1.29, 1.82) is 0 Å². The number of carbonyl (C=O) groups excluding carboxylic acids is 1. The number of carbonyl (C=O) groups is 1. The largest absolute Gasteiger partial charge is 0.325 e. The lowest BCUT2D eigenvalue weighted by Crippen LogP contribution is -2.29. The lowest BCUT2D eigenvalue weighted by molar-refractivity contribution is -0.119. The number of nitrogens with one attached hydrogen (secondary N) is 1. The Hall–Kier alpha value is -3.80. The highest BCUT2D eigenvalue weighted by molar-refractivity contribution is 5.98. The summed E-state index contributed by atoms with van der Waals surface area (Å²) >= 11 is 0. The summed E-state index contributed by atoms with van der Waals surface area (Å²) in [4.78, 5) is 16.1. The Kier molecular flexibility index (Phi) is 4.37. The Morgan fingerprint density at radius 3 is 2.83 bits per heavy atom. The molecule has 0 fully saturated rings. The summed E-state index contributed by atoms with van der Waals surface area (Å²) in [6, 6.07) is 18.1. The summed E-state index contributed by atoms with van der Waals surface area (Å²) in [7, 11) is 0. The summed E-state index contributed by atoms with van der Waals surface area (Å²) in [5.41, 5.74) is 6.96. The number of fused-ring (bicyclic) bond motifs is 2. The van der Waals surface area contributed by atoms with E-state index in [1.165, 1.54) is 5.56 Å². The van der Waals surface area contributed by atoms with Crippen LogP contribution in [0.15, 0.2) is 67.0 Å². The zero-order valence-electron chi connectivity index (χ0n) is 15.7. The van der Waals surface area contributed by atoms with Crippen LogP contribution in [0.5, 0.6) is 0 Å². The van der Waals surface area contributed by atoms with Gasteiger partial charge in [-0.25, -0.2) is 4.68 Å². The minimum absolute atomic E-state index is 0.0121. The van der Waals surface area contributed by atoms with E-state index in [1.807, 2.05) is 65.4 Å². The van der Waals surface area contributed by atoms with Gasteiger partial charge in [-0.15, -0.1) is 5.10 Å². The highest BCUT2D eigenvalue weighted by Crippen LogP contribution is 2.25. The molecule has 0 aliphatic carbocycles. The van der Waals surface area contributed by atoms with Gasteiger partial charge >= 0.3 is 0 Å². The van der Waals surface area contributed by atoms with E-state index in [2.05, 4.69) is 20.6 Å². The van der Waals surface area contributed by atoms with E-state index in [0.29, 0.717) is 6.42 Å². The first-order valence-corrected chi connectivity index (χ1v) is 9.58. The lowest BCUT2D eigenvalue weighted by atomic mass is 9.96. The molecule has 142 valence electrons. The van der Waals surface area contributed by atoms with E-state index in [1.54, 1.807) is 12.4 Å². The molecule has 6 heteroatoms. The van der Waals surface area contributed by atoms with Crippen molar-refractivity contribution in [2.45, 2.75) is 19.4 Å². The standard InChI is InChI=1S/C23H19N5O/c29-23-15-18-3-1-2-4-19(18)20(25-23)13-17-5-6-22-21(14-17)26-27-28(22)12-9-16-7-10-24-11-8-16/h1-8,10-11,13-14H,9,12,15H2,(H,25,29). The van der Waals surface area contributed by atoms with Crippen molar-refractivity contribution >= 4 is 28.7 Å². The zero-order valence-corrected chi connectivity index (χ0v) is 15.7. The quantitative estimate of drug-likeness (QED) is 0.589. The zero-order chi connectivity index (χ0) is 19.6. The van der Waals surface area contributed by atoms with Gasteiger partial charge in [-0.2, -0.15) is 0 Å². The molecule has 4 aromatic rings. The summed E-state index contributed by atoms with van der Waals surface area (Å²) in [6.45, 7) is 0.754. The average molecular weight is 381 g/mol. The van der Waals surface area contributed by atoms with Crippen LogP contribution in [-0.2, 0) is 24.2 Å².